The van der Waals surface area contributed by atoms with Gasteiger partial charge in [0.15, 0.2) is 0 Å². The van der Waals surface area contributed by atoms with E-state index in [1.54, 1.807) is 4.90 Å². The minimum atomic E-state index is -0.706. The predicted molar refractivity (Wildman–Crippen MR) is 80.4 cm³/mol. The molecule has 5 heteroatoms. The van der Waals surface area contributed by atoms with E-state index in [1.165, 1.54) is 0 Å². The second kappa shape index (κ2) is 6.38. The Morgan fingerprint density at radius 2 is 1.95 bits per heavy atom. The van der Waals surface area contributed by atoms with Crippen molar-refractivity contribution in [2.75, 3.05) is 19.8 Å². The molecule has 0 N–H and O–H groups in total. The van der Waals surface area contributed by atoms with Crippen LogP contribution in [0.5, 0.6) is 5.75 Å². The van der Waals surface area contributed by atoms with Gasteiger partial charge in [0.2, 0.25) is 5.91 Å². The molecule has 5 nitrogen and oxygen atoms in total. The smallest absolute Gasteiger partial charge is 0.332 e. The Bertz CT molecular complexity index is 537. The van der Waals surface area contributed by atoms with E-state index in [0.29, 0.717) is 19.8 Å². The lowest BCUT2D eigenvalue weighted by Crippen LogP contribution is -2.60. The minimum absolute atomic E-state index is 0.0190. The molecule has 1 saturated carbocycles. The topological polar surface area (TPSA) is 55.8 Å². The molecule has 118 valence electrons. The van der Waals surface area contributed by atoms with Crippen molar-refractivity contribution in [2.45, 2.75) is 37.6 Å². The lowest BCUT2D eigenvalue weighted by molar-refractivity contribution is -0.174. The van der Waals surface area contributed by atoms with Crippen molar-refractivity contribution in [3.05, 3.63) is 30.3 Å². The maximum Gasteiger partial charge on any atom is 0.332 e. The monoisotopic (exact) mass is 303 g/mol. The number of para-hydroxylation sites is 1. The summed E-state index contributed by atoms with van der Waals surface area (Å²) in [4.78, 5) is 26.5. The molecule has 0 bridgehead atoms. The highest BCUT2D eigenvalue weighted by Crippen LogP contribution is 2.38. The van der Waals surface area contributed by atoms with Gasteiger partial charge in [-0.05, 0) is 25.0 Å². The van der Waals surface area contributed by atoms with Gasteiger partial charge in [0, 0.05) is 0 Å². The molecule has 1 saturated heterocycles. The largest absolute Gasteiger partial charge is 0.493 e. The number of hydrogen-bond donors (Lipinski definition) is 0. The first-order valence-electron chi connectivity index (χ1n) is 7.88. The SMILES string of the molecule is O=C(CCOc1ccccc1)N1CCOC(=O)C12CCCC2. The van der Waals surface area contributed by atoms with Crippen LogP contribution in [0.15, 0.2) is 30.3 Å². The molecule has 1 spiro atoms. The van der Waals surface area contributed by atoms with Crippen LogP contribution in [-0.4, -0.2) is 42.1 Å². The van der Waals surface area contributed by atoms with Crippen molar-refractivity contribution >= 4 is 11.9 Å². The van der Waals surface area contributed by atoms with Crippen LogP contribution in [0.4, 0.5) is 0 Å². The van der Waals surface area contributed by atoms with Crippen LogP contribution in [0, 0.1) is 0 Å². The third-order valence-electron chi connectivity index (χ3n) is 4.50. The molecule has 1 aromatic rings. The van der Waals surface area contributed by atoms with Crippen LogP contribution in [0.3, 0.4) is 0 Å². The third-order valence-corrected chi connectivity index (χ3v) is 4.50. The van der Waals surface area contributed by atoms with Gasteiger partial charge in [-0.25, -0.2) is 4.79 Å². The molecular weight excluding hydrogens is 282 g/mol. The van der Waals surface area contributed by atoms with E-state index in [-0.39, 0.29) is 18.3 Å². The Hall–Kier alpha value is -2.04. The lowest BCUT2D eigenvalue weighted by atomic mass is 9.93. The van der Waals surface area contributed by atoms with Crippen molar-refractivity contribution in [2.24, 2.45) is 0 Å². The van der Waals surface area contributed by atoms with E-state index in [2.05, 4.69) is 0 Å². The van der Waals surface area contributed by atoms with Crippen LogP contribution in [0.1, 0.15) is 32.1 Å². The predicted octanol–water partition coefficient (Wildman–Crippen LogP) is 2.15. The summed E-state index contributed by atoms with van der Waals surface area (Å²) in [6.45, 7) is 1.12. The van der Waals surface area contributed by atoms with Crippen molar-refractivity contribution in [1.82, 2.24) is 4.90 Å². The Morgan fingerprint density at radius 3 is 2.68 bits per heavy atom. The highest BCUT2D eigenvalue weighted by Gasteiger charge is 2.51. The maximum atomic E-state index is 12.5. The summed E-state index contributed by atoms with van der Waals surface area (Å²) in [6, 6.07) is 9.43. The van der Waals surface area contributed by atoms with Gasteiger partial charge >= 0.3 is 5.97 Å². The molecular formula is C17H21NO4. The van der Waals surface area contributed by atoms with Gasteiger partial charge in [-0.1, -0.05) is 31.0 Å². The number of benzene rings is 1. The van der Waals surface area contributed by atoms with Gasteiger partial charge in [0.05, 0.1) is 19.6 Å². The molecule has 1 aliphatic heterocycles. The normalized spacial score (nSPS) is 20.0. The van der Waals surface area contributed by atoms with Gasteiger partial charge in [0.1, 0.15) is 17.9 Å². The average molecular weight is 303 g/mol. The van der Waals surface area contributed by atoms with E-state index >= 15 is 0 Å². The van der Waals surface area contributed by atoms with Crippen molar-refractivity contribution in [3.8, 4) is 5.75 Å². The number of morpholine rings is 1. The van der Waals surface area contributed by atoms with Gasteiger partial charge in [-0.3, -0.25) is 4.79 Å². The number of ether oxygens (including phenoxy) is 2. The summed E-state index contributed by atoms with van der Waals surface area (Å²) < 4.78 is 10.8. The number of amides is 1. The standard InChI is InChI=1S/C17H21NO4/c19-15(8-12-21-14-6-2-1-3-7-14)18-11-13-22-16(20)17(18)9-4-5-10-17/h1-3,6-7H,4-5,8-13H2. The zero-order chi connectivity index (χ0) is 15.4. The van der Waals surface area contributed by atoms with E-state index in [0.717, 1.165) is 31.4 Å². The molecule has 1 aromatic carbocycles. The van der Waals surface area contributed by atoms with E-state index in [1.807, 2.05) is 30.3 Å². The molecule has 2 fully saturated rings. The van der Waals surface area contributed by atoms with Crippen molar-refractivity contribution in [1.29, 1.82) is 0 Å². The van der Waals surface area contributed by atoms with Gasteiger partial charge in [-0.15, -0.1) is 0 Å². The maximum absolute atomic E-state index is 12.5. The number of nitrogens with zero attached hydrogens (tertiary/aromatic N) is 1. The molecule has 22 heavy (non-hydrogen) atoms. The molecule has 2 aliphatic rings. The summed E-state index contributed by atoms with van der Waals surface area (Å²) in [7, 11) is 0. The van der Waals surface area contributed by atoms with Crippen molar-refractivity contribution < 1.29 is 19.1 Å². The summed E-state index contributed by atoms with van der Waals surface area (Å²) in [6.07, 6.45) is 3.66. The summed E-state index contributed by atoms with van der Waals surface area (Å²) in [5.74, 6) is 0.506. The highest BCUT2D eigenvalue weighted by molar-refractivity contribution is 5.89. The summed E-state index contributed by atoms with van der Waals surface area (Å²) in [5.41, 5.74) is -0.706. The zero-order valence-electron chi connectivity index (χ0n) is 12.6. The van der Waals surface area contributed by atoms with E-state index in [9.17, 15) is 9.59 Å². The fraction of sp³-hybridized carbons (Fsp3) is 0.529. The quantitative estimate of drug-likeness (QED) is 0.800. The molecule has 0 aromatic heterocycles. The van der Waals surface area contributed by atoms with Gasteiger partial charge in [-0.2, -0.15) is 0 Å². The Kier molecular flexibility index (Phi) is 4.32. The molecule has 1 aliphatic carbocycles. The van der Waals surface area contributed by atoms with Crippen LogP contribution in [0.2, 0.25) is 0 Å². The lowest BCUT2D eigenvalue weighted by Gasteiger charge is -2.42. The number of rotatable bonds is 4. The molecule has 0 atom stereocenters. The van der Waals surface area contributed by atoms with Gasteiger partial charge < -0.3 is 14.4 Å². The van der Waals surface area contributed by atoms with E-state index < -0.39 is 5.54 Å². The van der Waals surface area contributed by atoms with Crippen LogP contribution >= 0.6 is 0 Å². The first kappa shape index (κ1) is 14.9. The first-order chi connectivity index (χ1) is 10.7. The van der Waals surface area contributed by atoms with Crippen molar-refractivity contribution in [3.63, 3.8) is 0 Å². The zero-order valence-corrected chi connectivity index (χ0v) is 12.6. The molecule has 3 rings (SSSR count). The Balaban J connectivity index is 1.60. The van der Waals surface area contributed by atoms with Crippen LogP contribution in [-0.2, 0) is 14.3 Å². The van der Waals surface area contributed by atoms with Crippen LogP contribution < -0.4 is 4.74 Å². The van der Waals surface area contributed by atoms with Gasteiger partial charge in [0.25, 0.3) is 0 Å². The number of carbonyl (C=O) groups is 2. The molecule has 0 unspecified atom stereocenters. The van der Waals surface area contributed by atoms with E-state index in [4.69, 9.17) is 9.47 Å². The molecule has 1 amide bonds. The molecule has 1 heterocycles. The number of esters is 1. The van der Waals surface area contributed by atoms with Crippen LogP contribution in [0.25, 0.3) is 0 Å². The Labute approximate surface area is 130 Å². The summed E-state index contributed by atoms with van der Waals surface area (Å²) >= 11 is 0. The number of hydrogen-bond acceptors (Lipinski definition) is 4. The first-order valence-corrected chi connectivity index (χ1v) is 7.88. The Morgan fingerprint density at radius 1 is 1.23 bits per heavy atom. The second-order valence-electron chi connectivity index (χ2n) is 5.83. The third kappa shape index (κ3) is 2.80. The molecule has 0 radical (unpaired) electrons. The summed E-state index contributed by atoms with van der Waals surface area (Å²) in [5, 5.41) is 0. The number of carbonyl (C=O) groups excluding carboxylic acids is 2. The fourth-order valence-corrected chi connectivity index (χ4v) is 3.39. The fourth-order valence-electron chi connectivity index (χ4n) is 3.39. The average Bonchev–Trinajstić information content (AvgIpc) is 3.01. The highest BCUT2D eigenvalue weighted by atomic mass is 16.5. The number of cyclic esters (lactones) is 1. The minimum Gasteiger partial charge on any atom is -0.493 e. The second-order valence-corrected chi connectivity index (χ2v) is 5.83.